The molecular weight excluding hydrogens is 382 g/mol. The van der Waals surface area contributed by atoms with Crippen molar-refractivity contribution < 1.29 is 24.9 Å². The fourth-order valence-electron chi connectivity index (χ4n) is 2.99. The van der Waals surface area contributed by atoms with Crippen LogP contribution in [0, 0.1) is 0 Å². The quantitative estimate of drug-likeness (QED) is 0.428. The van der Waals surface area contributed by atoms with Crippen LogP contribution >= 0.6 is 0 Å². The van der Waals surface area contributed by atoms with Crippen molar-refractivity contribution in [3.8, 4) is 0 Å². The Kier molecular flexibility index (Phi) is 9.63. The monoisotopic (exact) mass is 412 g/mol. The van der Waals surface area contributed by atoms with Gasteiger partial charge in [0, 0.05) is 5.69 Å². The van der Waals surface area contributed by atoms with Gasteiger partial charge in [0.05, 0.1) is 36.9 Å². The Morgan fingerprint density at radius 3 is 2.17 bits per heavy atom. The normalized spacial score (nSPS) is 12.2. The lowest BCUT2D eigenvalue weighted by molar-refractivity contribution is -0.910. The number of rotatable bonds is 12. The van der Waals surface area contributed by atoms with E-state index in [9.17, 15) is 14.7 Å². The number of quaternary nitrogens is 2. The summed E-state index contributed by atoms with van der Waals surface area (Å²) in [5, 5.41) is 24.1. The zero-order chi connectivity index (χ0) is 21.8. The summed E-state index contributed by atoms with van der Waals surface area (Å²) >= 11 is 0. The molecule has 8 nitrogen and oxygen atoms in total. The molecule has 8 heteroatoms. The molecule has 2 rings (SSSR count). The van der Waals surface area contributed by atoms with Crippen molar-refractivity contribution in [2.75, 3.05) is 31.5 Å². The van der Waals surface area contributed by atoms with Crippen molar-refractivity contribution in [3.63, 3.8) is 0 Å². The summed E-state index contributed by atoms with van der Waals surface area (Å²) < 4.78 is 0. The van der Waals surface area contributed by atoms with Gasteiger partial charge in [0.1, 0.15) is 19.1 Å². The highest BCUT2D eigenvalue weighted by molar-refractivity contribution is 5.93. The van der Waals surface area contributed by atoms with Gasteiger partial charge in [0.2, 0.25) is 5.91 Å². The number of aliphatic carboxylic acids is 1. The van der Waals surface area contributed by atoms with E-state index < -0.39 is 12.0 Å². The molecule has 0 saturated carbocycles. The molecule has 0 spiro atoms. The van der Waals surface area contributed by atoms with Crippen molar-refractivity contribution in [2.45, 2.75) is 26.3 Å². The number of nitrogens with two attached hydrogens (primary N) is 1. The van der Waals surface area contributed by atoms with Crippen molar-refractivity contribution in [1.82, 2.24) is 0 Å². The van der Waals surface area contributed by atoms with E-state index in [2.05, 4.69) is 29.4 Å². The van der Waals surface area contributed by atoms with Crippen molar-refractivity contribution in [2.24, 2.45) is 10.2 Å². The molecule has 0 saturated heterocycles. The molecule has 2 aromatic carbocycles. The van der Waals surface area contributed by atoms with E-state index in [1.165, 1.54) is 4.90 Å². The van der Waals surface area contributed by atoms with E-state index in [0.29, 0.717) is 17.9 Å². The van der Waals surface area contributed by atoms with Crippen LogP contribution in [0.15, 0.2) is 64.8 Å². The minimum Gasteiger partial charge on any atom is -0.544 e. The highest BCUT2D eigenvalue weighted by Gasteiger charge is 2.19. The maximum absolute atomic E-state index is 12.3. The summed E-state index contributed by atoms with van der Waals surface area (Å²) in [6, 6.07) is 15.4. The lowest BCUT2D eigenvalue weighted by Gasteiger charge is -2.19. The Balaban J connectivity index is 1.85. The van der Waals surface area contributed by atoms with E-state index in [0.717, 1.165) is 25.3 Å². The zero-order valence-electron chi connectivity index (χ0n) is 17.5. The largest absolute Gasteiger partial charge is 0.544 e. The van der Waals surface area contributed by atoms with E-state index in [-0.39, 0.29) is 12.3 Å². The fourth-order valence-corrected chi connectivity index (χ4v) is 2.99. The van der Waals surface area contributed by atoms with Crippen LogP contribution in [0.5, 0.6) is 0 Å². The summed E-state index contributed by atoms with van der Waals surface area (Å²) in [6.07, 6.45) is -0.147. The number of carboxylic acid groups (broad SMARTS) is 1. The number of amides is 1. The first-order valence-corrected chi connectivity index (χ1v) is 10.3. The molecule has 0 aromatic heterocycles. The zero-order valence-corrected chi connectivity index (χ0v) is 17.5. The molecule has 2 aromatic rings. The predicted molar refractivity (Wildman–Crippen MR) is 113 cm³/mol. The molecule has 0 heterocycles. The molecule has 0 radical (unpaired) electrons. The first-order valence-electron chi connectivity index (χ1n) is 10.3. The molecule has 160 valence electrons. The molecule has 1 atom stereocenters. The van der Waals surface area contributed by atoms with E-state index in [1.54, 1.807) is 29.6 Å². The first kappa shape index (κ1) is 23.2. The van der Waals surface area contributed by atoms with Crippen LogP contribution in [0.1, 0.15) is 20.3 Å². The Bertz CT molecular complexity index is 820. The number of hydrogen-bond acceptors (Lipinski definition) is 5. The van der Waals surface area contributed by atoms with Gasteiger partial charge in [-0.3, -0.25) is 4.79 Å². The molecule has 4 N–H and O–H groups in total. The topological polar surface area (TPSA) is 115 Å². The van der Waals surface area contributed by atoms with Crippen LogP contribution in [0.2, 0.25) is 0 Å². The molecule has 0 aliphatic rings. The summed E-state index contributed by atoms with van der Waals surface area (Å²) in [5.74, 6) is -1.59. The highest BCUT2D eigenvalue weighted by Crippen LogP contribution is 2.20. The molecule has 0 aliphatic carbocycles. The van der Waals surface area contributed by atoms with Crippen LogP contribution in [-0.4, -0.2) is 44.1 Å². The lowest BCUT2D eigenvalue weighted by atomic mass is 10.2. The number of carbonyl (C=O) groups is 2. The number of benzene rings is 2. The van der Waals surface area contributed by atoms with Gasteiger partial charge in [0.25, 0.3) is 0 Å². The number of hydrogen-bond donors (Lipinski definition) is 3. The molecule has 0 bridgehead atoms. The molecule has 1 amide bonds. The van der Waals surface area contributed by atoms with Gasteiger partial charge < -0.3 is 25.4 Å². The van der Waals surface area contributed by atoms with E-state index >= 15 is 0 Å². The number of anilines is 1. The average Bonchev–Trinajstić information content (AvgIpc) is 2.76. The molecule has 0 aliphatic heterocycles. The fraction of sp³-hybridized carbons (Fsp3) is 0.364. The summed E-state index contributed by atoms with van der Waals surface area (Å²) in [7, 11) is 0. The first-order chi connectivity index (χ1) is 14.5. The second kappa shape index (κ2) is 12.5. The Hall–Kier alpha value is -3.10. The van der Waals surface area contributed by atoms with Crippen molar-refractivity contribution in [1.29, 1.82) is 0 Å². The third-order valence-electron chi connectivity index (χ3n) is 4.85. The van der Waals surface area contributed by atoms with Gasteiger partial charge in [-0.05, 0) is 50.2 Å². The Labute approximate surface area is 177 Å². The van der Waals surface area contributed by atoms with Gasteiger partial charge in [-0.25, -0.2) is 0 Å². The number of likely N-dealkylation sites (N-methyl/N-ethyl adjacent to an activating group) is 1. The van der Waals surface area contributed by atoms with Crippen LogP contribution in [-0.2, 0) is 9.59 Å². The Morgan fingerprint density at radius 2 is 1.60 bits per heavy atom. The number of carboxylic acids is 1. The van der Waals surface area contributed by atoms with E-state index in [1.807, 2.05) is 30.3 Å². The number of nitrogens with one attached hydrogen (secondary N) is 2. The van der Waals surface area contributed by atoms with Gasteiger partial charge in [0.15, 0.2) is 0 Å². The molecule has 30 heavy (non-hydrogen) atoms. The third kappa shape index (κ3) is 8.10. The SMILES string of the molecule is CC[NH+](CC)CC[NH2+][C@@H](CC(=O)Nc1ccc(N=Nc2ccccc2)cc1)C(=O)[O-]. The molecule has 0 fully saturated rings. The smallest absolute Gasteiger partial charge is 0.230 e. The van der Waals surface area contributed by atoms with Crippen LogP contribution in [0.4, 0.5) is 17.1 Å². The maximum Gasteiger partial charge on any atom is 0.230 e. The van der Waals surface area contributed by atoms with Crippen LogP contribution < -0.4 is 20.6 Å². The van der Waals surface area contributed by atoms with E-state index in [4.69, 9.17) is 0 Å². The summed E-state index contributed by atoms with van der Waals surface area (Å²) in [6.45, 7) is 7.64. The average molecular weight is 413 g/mol. The third-order valence-corrected chi connectivity index (χ3v) is 4.85. The second-order valence-electron chi connectivity index (χ2n) is 6.99. The minimum absolute atomic E-state index is 0.147. The van der Waals surface area contributed by atoms with Gasteiger partial charge in [-0.15, -0.1) is 0 Å². The standard InChI is InChI=1S/C22H29N5O3/c1-3-27(4-2)15-14-23-20(22(29)30)16-21(28)24-17-10-12-19(13-11-17)26-25-18-8-6-5-7-9-18/h5-13,20,23H,3-4,14-16H2,1-2H3,(H,24,28)(H,29,30)/p+1/t20-/m0/s1. The number of azo groups is 1. The summed E-state index contributed by atoms with van der Waals surface area (Å²) in [5.41, 5.74) is 1.97. The predicted octanol–water partition coefficient (Wildman–Crippen LogP) is 0.0372. The number of carbonyl (C=O) groups excluding carboxylic acids is 2. The van der Waals surface area contributed by atoms with Crippen LogP contribution in [0.3, 0.4) is 0 Å². The highest BCUT2D eigenvalue weighted by atomic mass is 16.4. The molecular formula is C22H30N5O3+. The molecule has 0 unspecified atom stereocenters. The number of nitrogens with zero attached hydrogens (tertiary/aromatic N) is 2. The minimum atomic E-state index is -1.23. The van der Waals surface area contributed by atoms with Gasteiger partial charge >= 0.3 is 0 Å². The van der Waals surface area contributed by atoms with Gasteiger partial charge in [-0.1, -0.05) is 18.2 Å². The van der Waals surface area contributed by atoms with Gasteiger partial charge in [-0.2, -0.15) is 10.2 Å². The Morgan fingerprint density at radius 1 is 1.00 bits per heavy atom. The maximum atomic E-state index is 12.3. The lowest BCUT2D eigenvalue weighted by Crippen LogP contribution is -3.14. The van der Waals surface area contributed by atoms with Crippen LogP contribution in [0.25, 0.3) is 0 Å². The van der Waals surface area contributed by atoms with Crippen molar-refractivity contribution in [3.05, 3.63) is 54.6 Å². The van der Waals surface area contributed by atoms with Crippen molar-refractivity contribution >= 4 is 28.9 Å². The second-order valence-corrected chi connectivity index (χ2v) is 6.99. The summed E-state index contributed by atoms with van der Waals surface area (Å²) in [4.78, 5) is 25.0.